The molecule has 2 rings (SSSR count). The van der Waals surface area contributed by atoms with Crippen molar-refractivity contribution < 1.29 is 0 Å². The van der Waals surface area contributed by atoms with Gasteiger partial charge in [-0.3, -0.25) is 0 Å². The maximum absolute atomic E-state index is 2.35. The molecule has 1 aromatic carbocycles. The zero-order valence-electron chi connectivity index (χ0n) is 9.59. The molecule has 2 heteroatoms. The van der Waals surface area contributed by atoms with E-state index in [1.165, 1.54) is 5.69 Å². The summed E-state index contributed by atoms with van der Waals surface area (Å²) in [6.45, 7) is 6.66. The van der Waals surface area contributed by atoms with Gasteiger partial charge in [0.25, 0.3) is 0 Å². The third kappa shape index (κ3) is 1.84. The molecule has 1 aliphatic rings. The van der Waals surface area contributed by atoms with Crippen molar-refractivity contribution in [3.8, 4) is 0 Å². The fourth-order valence-corrected chi connectivity index (χ4v) is 2.05. The Kier molecular flexibility index (Phi) is 2.67. The van der Waals surface area contributed by atoms with E-state index in [0.29, 0.717) is 12.2 Å². The Bertz CT molecular complexity index is 343. The predicted octanol–water partition coefficient (Wildman–Crippen LogP) is 3.03. The summed E-state index contributed by atoms with van der Waals surface area (Å²) in [6, 6.07) is 11.0. The summed E-state index contributed by atoms with van der Waals surface area (Å²) < 4.78 is 0. The Morgan fingerprint density at radius 1 is 1.07 bits per heavy atom. The molecule has 0 saturated carbocycles. The van der Waals surface area contributed by atoms with E-state index in [1.54, 1.807) is 0 Å². The first-order valence-electron chi connectivity index (χ1n) is 5.49. The normalized spacial score (nSPS) is 20.4. The molecule has 1 unspecified atom stereocenters. The van der Waals surface area contributed by atoms with Crippen molar-refractivity contribution in [3.63, 3.8) is 0 Å². The SMILES string of the molecule is CC(C)N1C=CN(c2ccccc2)C1C. The lowest BCUT2D eigenvalue weighted by molar-refractivity contribution is 0.263. The molecule has 0 bridgehead atoms. The van der Waals surface area contributed by atoms with Crippen molar-refractivity contribution in [1.82, 2.24) is 4.90 Å². The molecule has 0 radical (unpaired) electrons. The van der Waals surface area contributed by atoms with Crippen molar-refractivity contribution >= 4 is 5.69 Å². The van der Waals surface area contributed by atoms with Crippen LogP contribution in [0.3, 0.4) is 0 Å². The molecule has 1 aromatic rings. The summed E-state index contributed by atoms with van der Waals surface area (Å²) in [5, 5.41) is 0. The first-order valence-corrected chi connectivity index (χ1v) is 5.49. The molecule has 1 heterocycles. The van der Waals surface area contributed by atoms with E-state index in [4.69, 9.17) is 0 Å². The summed E-state index contributed by atoms with van der Waals surface area (Å²) >= 11 is 0. The van der Waals surface area contributed by atoms with Crippen molar-refractivity contribution in [2.45, 2.75) is 33.0 Å². The number of hydrogen-bond acceptors (Lipinski definition) is 2. The van der Waals surface area contributed by atoms with Crippen LogP contribution in [0.4, 0.5) is 5.69 Å². The summed E-state index contributed by atoms with van der Waals surface area (Å²) in [7, 11) is 0. The Balaban J connectivity index is 2.18. The van der Waals surface area contributed by atoms with Gasteiger partial charge in [0.1, 0.15) is 6.17 Å². The first-order chi connectivity index (χ1) is 7.20. The van der Waals surface area contributed by atoms with Gasteiger partial charge < -0.3 is 9.80 Å². The van der Waals surface area contributed by atoms with Crippen molar-refractivity contribution in [2.24, 2.45) is 0 Å². The van der Waals surface area contributed by atoms with Gasteiger partial charge in [-0.25, -0.2) is 0 Å². The highest BCUT2D eigenvalue weighted by molar-refractivity contribution is 5.51. The van der Waals surface area contributed by atoms with Gasteiger partial charge in [-0.2, -0.15) is 0 Å². The van der Waals surface area contributed by atoms with E-state index in [2.05, 4.69) is 67.2 Å². The van der Waals surface area contributed by atoms with Crippen LogP contribution in [0.5, 0.6) is 0 Å². The number of rotatable bonds is 2. The molecule has 80 valence electrons. The average Bonchev–Trinajstić information content (AvgIpc) is 2.61. The lowest BCUT2D eigenvalue weighted by Crippen LogP contribution is -2.39. The highest BCUT2D eigenvalue weighted by Gasteiger charge is 2.24. The van der Waals surface area contributed by atoms with E-state index in [0.717, 1.165) is 0 Å². The van der Waals surface area contributed by atoms with Gasteiger partial charge in [0.2, 0.25) is 0 Å². The maximum Gasteiger partial charge on any atom is 0.103 e. The van der Waals surface area contributed by atoms with Crippen LogP contribution in [-0.4, -0.2) is 17.1 Å². The smallest absolute Gasteiger partial charge is 0.103 e. The van der Waals surface area contributed by atoms with Gasteiger partial charge in [-0.05, 0) is 32.9 Å². The molecule has 15 heavy (non-hydrogen) atoms. The van der Waals surface area contributed by atoms with E-state index >= 15 is 0 Å². The molecule has 1 aliphatic heterocycles. The maximum atomic E-state index is 2.35. The van der Waals surface area contributed by atoms with Gasteiger partial charge in [0.15, 0.2) is 0 Å². The van der Waals surface area contributed by atoms with Crippen LogP contribution in [0.15, 0.2) is 42.7 Å². The quantitative estimate of drug-likeness (QED) is 0.727. The lowest BCUT2D eigenvalue weighted by atomic mass is 10.2. The second kappa shape index (κ2) is 3.97. The largest absolute Gasteiger partial charge is 0.353 e. The van der Waals surface area contributed by atoms with Crippen LogP contribution in [0, 0.1) is 0 Å². The minimum atomic E-state index is 0.410. The second-order valence-electron chi connectivity index (χ2n) is 4.21. The Morgan fingerprint density at radius 3 is 2.27 bits per heavy atom. The van der Waals surface area contributed by atoms with Gasteiger partial charge >= 0.3 is 0 Å². The Morgan fingerprint density at radius 2 is 1.73 bits per heavy atom. The third-order valence-electron chi connectivity index (χ3n) is 2.88. The highest BCUT2D eigenvalue weighted by Crippen LogP contribution is 2.25. The molecule has 0 amide bonds. The van der Waals surface area contributed by atoms with Crippen LogP contribution < -0.4 is 4.90 Å². The molecular formula is C13H18N2. The molecule has 0 spiro atoms. The molecular weight excluding hydrogens is 184 g/mol. The molecule has 0 aliphatic carbocycles. The summed E-state index contributed by atoms with van der Waals surface area (Å²) in [5.74, 6) is 0. The van der Waals surface area contributed by atoms with Crippen LogP contribution in [0.25, 0.3) is 0 Å². The van der Waals surface area contributed by atoms with E-state index in [9.17, 15) is 0 Å². The molecule has 1 atom stereocenters. The van der Waals surface area contributed by atoms with Crippen LogP contribution >= 0.6 is 0 Å². The minimum Gasteiger partial charge on any atom is -0.353 e. The number of para-hydroxylation sites is 1. The van der Waals surface area contributed by atoms with Gasteiger partial charge in [0, 0.05) is 24.1 Å². The fraction of sp³-hybridized carbons (Fsp3) is 0.385. The average molecular weight is 202 g/mol. The van der Waals surface area contributed by atoms with Gasteiger partial charge in [0.05, 0.1) is 0 Å². The Labute approximate surface area is 91.8 Å². The number of anilines is 1. The zero-order chi connectivity index (χ0) is 10.8. The van der Waals surface area contributed by atoms with E-state index < -0.39 is 0 Å². The molecule has 0 aromatic heterocycles. The zero-order valence-corrected chi connectivity index (χ0v) is 9.59. The minimum absolute atomic E-state index is 0.410. The van der Waals surface area contributed by atoms with Gasteiger partial charge in [-0.15, -0.1) is 0 Å². The predicted molar refractivity (Wildman–Crippen MR) is 64.5 cm³/mol. The van der Waals surface area contributed by atoms with E-state index in [-0.39, 0.29) is 0 Å². The monoisotopic (exact) mass is 202 g/mol. The van der Waals surface area contributed by atoms with Crippen molar-refractivity contribution in [1.29, 1.82) is 0 Å². The van der Waals surface area contributed by atoms with Crippen LogP contribution in [0.1, 0.15) is 20.8 Å². The van der Waals surface area contributed by atoms with Crippen LogP contribution in [-0.2, 0) is 0 Å². The molecule has 0 N–H and O–H groups in total. The first kappa shape index (κ1) is 10.1. The van der Waals surface area contributed by atoms with Crippen LogP contribution in [0.2, 0.25) is 0 Å². The fourth-order valence-electron chi connectivity index (χ4n) is 2.05. The molecule has 0 saturated heterocycles. The Hall–Kier alpha value is -1.44. The number of nitrogens with zero attached hydrogens (tertiary/aromatic N) is 2. The van der Waals surface area contributed by atoms with E-state index in [1.807, 2.05) is 6.07 Å². The third-order valence-corrected chi connectivity index (χ3v) is 2.88. The lowest BCUT2D eigenvalue weighted by Gasteiger charge is -2.32. The highest BCUT2D eigenvalue weighted by atomic mass is 15.4. The van der Waals surface area contributed by atoms with Crippen molar-refractivity contribution in [3.05, 3.63) is 42.7 Å². The van der Waals surface area contributed by atoms with Crippen molar-refractivity contribution in [2.75, 3.05) is 4.90 Å². The molecule has 2 nitrogen and oxygen atoms in total. The number of hydrogen-bond donors (Lipinski definition) is 0. The standard InChI is InChI=1S/C13H18N2/c1-11(2)14-9-10-15(12(14)3)13-7-5-4-6-8-13/h4-12H,1-3H3. The summed E-state index contributed by atoms with van der Waals surface area (Å²) in [5.41, 5.74) is 1.25. The second-order valence-corrected chi connectivity index (χ2v) is 4.21. The topological polar surface area (TPSA) is 6.48 Å². The summed E-state index contributed by atoms with van der Waals surface area (Å²) in [4.78, 5) is 4.65. The van der Waals surface area contributed by atoms with Gasteiger partial charge in [-0.1, -0.05) is 18.2 Å². The summed E-state index contributed by atoms with van der Waals surface area (Å²) in [6.07, 6.45) is 4.73. The number of benzene rings is 1. The molecule has 0 fully saturated rings.